The largest absolute Gasteiger partial charge is 0.493 e. The third-order valence-electron chi connectivity index (χ3n) is 2.55. The van der Waals surface area contributed by atoms with E-state index in [1.54, 1.807) is 20.3 Å². The number of halogens is 1. The molecule has 6 nitrogen and oxygen atoms in total. The molecule has 0 saturated carbocycles. The highest BCUT2D eigenvalue weighted by atomic mass is 35.5. The van der Waals surface area contributed by atoms with Crippen molar-refractivity contribution in [2.24, 2.45) is 5.73 Å². The van der Waals surface area contributed by atoms with E-state index in [1.165, 1.54) is 0 Å². The third kappa shape index (κ3) is 4.88. The van der Waals surface area contributed by atoms with E-state index < -0.39 is 5.91 Å². The van der Waals surface area contributed by atoms with Crippen LogP contribution in [0.2, 0.25) is 5.02 Å². The molecule has 1 aromatic rings. The first-order chi connectivity index (χ1) is 9.60. The van der Waals surface area contributed by atoms with E-state index in [1.807, 2.05) is 6.07 Å². The third-order valence-corrected chi connectivity index (χ3v) is 2.96. The number of nitrogens with one attached hydrogen (secondary N) is 1. The smallest absolute Gasteiger partial charge is 0.243 e. The molecule has 0 aliphatic heterocycles. The van der Waals surface area contributed by atoms with Gasteiger partial charge in [0.05, 0.1) is 25.8 Å². The molecular weight excluding hydrogens is 284 g/mol. The zero-order chi connectivity index (χ0) is 15.0. The van der Waals surface area contributed by atoms with Crippen LogP contribution in [0.4, 0.5) is 0 Å². The Labute approximate surface area is 123 Å². The van der Waals surface area contributed by atoms with Gasteiger partial charge in [-0.05, 0) is 11.6 Å². The molecule has 0 unspecified atom stereocenters. The van der Waals surface area contributed by atoms with Crippen molar-refractivity contribution >= 4 is 17.5 Å². The van der Waals surface area contributed by atoms with E-state index in [0.29, 0.717) is 36.2 Å². The van der Waals surface area contributed by atoms with Crippen molar-refractivity contribution in [3.8, 4) is 11.5 Å². The molecule has 7 heteroatoms. The number of hydrogen-bond acceptors (Lipinski definition) is 5. The highest BCUT2D eigenvalue weighted by molar-refractivity contribution is 6.33. The van der Waals surface area contributed by atoms with Crippen LogP contribution in [0.25, 0.3) is 0 Å². The quantitative estimate of drug-likeness (QED) is 0.664. The van der Waals surface area contributed by atoms with Gasteiger partial charge in [0.2, 0.25) is 5.91 Å². The summed E-state index contributed by atoms with van der Waals surface area (Å²) in [6.45, 7) is 1.46. The Morgan fingerprint density at radius 3 is 2.70 bits per heavy atom. The van der Waals surface area contributed by atoms with Gasteiger partial charge in [-0.2, -0.15) is 0 Å². The van der Waals surface area contributed by atoms with E-state index in [9.17, 15) is 4.79 Å². The van der Waals surface area contributed by atoms with Gasteiger partial charge in [0, 0.05) is 13.1 Å². The zero-order valence-electron chi connectivity index (χ0n) is 11.6. The minimum atomic E-state index is -0.479. The van der Waals surface area contributed by atoms with Crippen LogP contribution in [0.1, 0.15) is 5.56 Å². The summed E-state index contributed by atoms with van der Waals surface area (Å²) in [5, 5.41) is 3.66. The number of ether oxygens (including phenoxy) is 3. The lowest BCUT2D eigenvalue weighted by Gasteiger charge is -2.13. The standard InChI is InChI=1S/C13H19ClN2O4/c1-18-10-4-3-9(12(14)13(10)19-2)7-16-5-6-20-8-11(15)17/h3-4,16H,5-8H2,1-2H3,(H2,15,17). The van der Waals surface area contributed by atoms with E-state index in [-0.39, 0.29) is 6.61 Å². The second kappa shape index (κ2) is 8.63. The summed E-state index contributed by atoms with van der Waals surface area (Å²) in [5.74, 6) is 0.623. The summed E-state index contributed by atoms with van der Waals surface area (Å²) >= 11 is 6.24. The van der Waals surface area contributed by atoms with Crippen LogP contribution < -0.4 is 20.5 Å². The number of nitrogens with two attached hydrogens (primary N) is 1. The molecule has 0 spiro atoms. The molecule has 0 aliphatic rings. The maximum Gasteiger partial charge on any atom is 0.243 e. The summed E-state index contributed by atoms with van der Waals surface area (Å²) in [7, 11) is 3.10. The second-order valence-corrected chi connectivity index (χ2v) is 4.35. The van der Waals surface area contributed by atoms with Gasteiger partial charge < -0.3 is 25.3 Å². The first-order valence-electron chi connectivity index (χ1n) is 6.06. The molecule has 112 valence electrons. The maximum atomic E-state index is 10.5. The Morgan fingerprint density at radius 1 is 1.35 bits per heavy atom. The predicted molar refractivity (Wildman–Crippen MR) is 76.3 cm³/mol. The van der Waals surface area contributed by atoms with Crippen LogP contribution >= 0.6 is 11.6 Å². The van der Waals surface area contributed by atoms with Crippen LogP contribution in [0.15, 0.2) is 12.1 Å². The summed E-state index contributed by atoms with van der Waals surface area (Å²) in [6, 6.07) is 3.66. The monoisotopic (exact) mass is 302 g/mol. The van der Waals surface area contributed by atoms with E-state index in [2.05, 4.69) is 5.32 Å². The van der Waals surface area contributed by atoms with Crippen LogP contribution in [0.3, 0.4) is 0 Å². The van der Waals surface area contributed by atoms with Crippen LogP contribution in [-0.4, -0.2) is 39.9 Å². The number of carbonyl (C=O) groups is 1. The van der Waals surface area contributed by atoms with Crippen molar-refractivity contribution in [2.45, 2.75) is 6.54 Å². The molecular formula is C13H19ClN2O4. The molecule has 0 fully saturated rings. The number of primary amides is 1. The average Bonchev–Trinajstić information content (AvgIpc) is 2.43. The molecule has 0 heterocycles. The molecule has 0 radical (unpaired) electrons. The number of hydrogen-bond donors (Lipinski definition) is 2. The Kier molecular flexibility index (Phi) is 7.14. The Balaban J connectivity index is 2.46. The minimum Gasteiger partial charge on any atom is -0.493 e. The fraction of sp³-hybridized carbons (Fsp3) is 0.462. The SMILES string of the molecule is COc1ccc(CNCCOCC(N)=O)c(Cl)c1OC. The van der Waals surface area contributed by atoms with Crippen LogP contribution in [0.5, 0.6) is 11.5 Å². The molecule has 1 amide bonds. The minimum absolute atomic E-state index is 0.0706. The van der Waals surface area contributed by atoms with Gasteiger partial charge in [-0.3, -0.25) is 4.79 Å². The Bertz CT molecular complexity index is 454. The number of rotatable bonds is 9. The fourth-order valence-corrected chi connectivity index (χ4v) is 1.91. The molecule has 0 aliphatic carbocycles. The first kappa shape index (κ1) is 16.6. The molecule has 20 heavy (non-hydrogen) atoms. The highest BCUT2D eigenvalue weighted by Crippen LogP contribution is 2.37. The van der Waals surface area contributed by atoms with E-state index >= 15 is 0 Å². The number of benzene rings is 1. The van der Waals surface area contributed by atoms with Gasteiger partial charge in [-0.1, -0.05) is 17.7 Å². The molecule has 0 atom stereocenters. The molecule has 1 aromatic carbocycles. The Hall–Kier alpha value is -1.50. The topological polar surface area (TPSA) is 82.8 Å². The van der Waals surface area contributed by atoms with Crippen LogP contribution in [0, 0.1) is 0 Å². The Morgan fingerprint density at radius 2 is 2.10 bits per heavy atom. The van der Waals surface area contributed by atoms with Crippen molar-refractivity contribution in [3.05, 3.63) is 22.7 Å². The van der Waals surface area contributed by atoms with Gasteiger partial charge in [-0.15, -0.1) is 0 Å². The number of methoxy groups -OCH3 is 2. The van der Waals surface area contributed by atoms with Crippen molar-refractivity contribution < 1.29 is 19.0 Å². The normalized spacial score (nSPS) is 10.3. The highest BCUT2D eigenvalue weighted by Gasteiger charge is 2.12. The molecule has 3 N–H and O–H groups in total. The summed E-state index contributed by atoms with van der Waals surface area (Å²) in [6.07, 6.45) is 0. The number of carbonyl (C=O) groups excluding carboxylic acids is 1. The first-order valence-corrected chi connectivity index (χ1v) is 6.44. The lowest BCUT2D eigenvalue weighted by Crippen LogP contribution is -2.23. The van der Waals surface area contributed by atoms with E-state index in [0.717, 1.165) is 5.56 Å². The predicted octanol–water partition coefficient (Wildman–Crippen LogP) is 0.949. The maximum absolute atomic E-state index is 10.5. The van der Waals surface area contributed by atoms with Gasteiger partial charge in [0.25, 0.3) is 0 Å². The molecule has 0 saturated heterocycles. The summed E-state index contributed by atoms with van der Waals surface area (Å²) in [4.78, 5) is 10.5. The van der Waals surface area contributed by atoms with Gasteiger partial charge in [-0.25, -0.2) is 0 Å². The van der Waals surface area contributed by atoms with Crippen molar-refractivity contribution in [2.75, 3.05) is 34.0 Å². The van der Waals surface area contributed by atoms with Crippen molar-refractivity contribution in [3.63, 3.8) is 0 Å². The second-order valence-electron chi connectivity index (χ2n) is 3.97. The van der Waals surface area contributed by atoms with Gasteiger partial charge >= 0.3 is 0 Å². The van der Waals surface area contributed by atoms with Crippen molar-refractivity contribution in [1.82, 2.24) is 5.32 Å². The van der Waals surface area contributed by atoms with Crippen LogP contribution in [-0.2, 0) is 16.1 Å². The molecule has 0 aromatic heterocycles. The van der Waals surface area contributed by atoms with Gasteiger partial charge in [0.1, 0.15) is 6.61 Å². The molecule has 0 bridgehead atoms. The van der Waals surface area contributed by atoms with Gasteiger partial charge in [0.15, 0.2) is 11.5 Å². The lowest BCUT2D eigenvalue weighted by molar-refractivity contribution is -0.122. The lowest BCUT2D eigenvalue weighted by atomic mass is 10.2. The van der Waals surface area contributed by atoms with Crippen molar-refractivity contribution in [1.29, 1.82) is 0 Å². The summed E-state index contributed by atoms with van der Waals surface area (Å²) < 4.78 is 15.4. The zero-order valence-corrected chi connectivity index (χ0v) is 12.3. The van der Waals surface area contributed by atoms with E-state index in [4.69, 9.17) is 31.5 Å². The summed E-state index contributed by atoms with van der Waals surface area (Å²) in [5.41, 5.74) is 5.84. The number of amides is 1. The fourth-order valence-electron chi connectivity index (χ4n) is 1.61. The molecule has 1 rings (SSSR count). The average molecular weight is 303 g/mol.